The average molecular weight is 258 g/mol. The monoisotopic (exact) mass is 258 g/mol. The Morgan fingerprint density at radius 2 is 2.29 bits per heavy atom. The minimum Gasteiger partial charge on any atom is -0.390 e. The van der Waals surface area contributed by atoms with Gasteiger partial charge in [0.25, 0.3) is 0 Å². The van der Waals surface area contributed by atoms with E-state index in [1.807, 2.05) is 6.92 Å². The zero-order chi connectivity index (χ0) is 12.5. The summed E-state index contributed by atoms with van der Waals surface area (Å²) in [6, 6.07) is 1.41. The lowest BCUT2D eigenvalue weighted by molar-refractivity contribution is 0.277. The van der Waals surface area contributed by atoms with Gasteiger partial charge in [-0.1, -0.05) is 12.8 Å². The standard InChI is InChI=1S/C11H18N2O3S/c1-8(4-9-2-3-9)13-17(15,16)11-5-10(7-14)12-6-11/h5-6,8-9,12-14H,2-4,7H2,1H3. The van der Waals surface area contributed by atoms with Crippen LogP contribution in [0.5, 0.6) is 0 Å². The average Bonchev–Trinajstić information content (AvgIpc) is 2.92. The lowest BCUT2D eigenvalue weighted by Gasteiger charge is -2.12. The van der Waals surface area contributed by atoms with Crippen molar-refractivity contribution in [3.63, 3.8) is 0 Å². The second-order valence-electron chi connectivity index (χ2n) is 4.72. The maximum absolute atomic E-state index is 12.0. The predicted octanol–water partition coefficient (Wildman–Crippen LogP) is 0.974. The highest BCUT2D eigenvalue weighted by molar-refractivity contribution is 7.89. The first kappa shape index (κ1) is 12.6. The third-order valence-corrected chi connectivity index (χ3v) is 4.51. The van der Waals surface area contributed by atoms with Crippen molar-refractivity contribution >= 4 is 10.0 Å². The Hall–Kier alpha value is -0.850. The molecule has 1 fully saturated rings. The van der Waals surface area contributed by atoms with Gasteiger partial charge in [-0.2, -0.15) is 0 Å². The normalized spacial score (nSPS) is 18.2. The second kappa shape index (κ2) is 4.80. The number of nitrogens with one attached hydrogen (secondary N) is 2. The van der Waals surface area contributed by atoms with Crippen molar-refractivity contribution in [1.29, 1.82) is 0 Å². The van der Waals surface area contributed by atoms with Gasteiger partial charge in [0, 0.05) is 17.9 Å². The number of aromatic amines is 1. The second-order valence-corrected chi connectivity index (χ2v) is 6.43. The molecule has 0 aromatic carbocycles. The quantitative estimate of drug-likeness (QED) is 0.711. The molecule has 1 saturated carbocycles. The van der Waals surface area contributed by atoms with E-state index in [1.54, 1.807) is 0 Å². The van der Waals surface area contributed by atoms with Crippen LogP contribution in [0.15, 0.2) is 17.2 Å². The summed E-state index contributed by atoms with van der Waals surface area (Å²) in [5.41, 5.74) is 0.500. The van der Waals surface area contributed by atoms with Crippen LogP contribution in [-0.2, 0) is 16.6 Å². The van der Waals surface area contributed by atoms with Crippen molar-refractivity contribution in [3.05, 3.63) is 18.0 Å². The van der Waals surface area contributed by atoms with E-state index in [-0.39, 0.29) is 17.5 Å². The van der Waals surface area contributed by atoms with Gasteiger partial charge in [0.2, 0.25) is 10.0 Å². The maximum Gasteiger partial charge on any atom is 0.242 e. The van der Waals surface area contributed by atoms with Gasteiger partial charge in [-0.3, -0.25) is 0 Å². The van der Waals surface area contributed by atoms with Crippen LogP contribution in [0.25, 0.3) is 0 Å². The molecular formula is C11H18N2O3S. The molecule has 1 unspecified atom stereocenters. The number of aliphatic hydroxyl groups is 1. The number of sulfonamides is 1. The van der Waals surface area contributed by atoms with Crippen molar-refractivity contribution in [3.8, 4) is 0 Å². The van der Waals surface area contributed by atoms with E-state index < -0.39 is 10.0 Å². The van der Waals surface area contributed by atoms with E-state index in [1.165, 1.54) is 25.1 Å². The maximum atomic E-state index is 12.0. The number of rotatable bonds is 6. The van der Waals surface area contributed by atoms with Crippen LogP contribution in [0.4, 0.5) is 0 Å². The van der Waals surface area contributed by atoms with E-state index >= 15 is 0 Å². The zero-order valence-corrected chi connectivity index (χ0v) is 10.6. The summed E-state index contributed by atoms with van der Waals surface area (Å²) in [6.07, 6.45) is 4.73. The summed E-state index contributed by atoms with van der Waals surface area (Å²) in [5.74, 6) is 0.687. The Kier molecular flexibility index (Phi) is 3.56. The van der Waals surface area contributed by atoms with Gasteiger partial charge in [0.05, 0.1) is 11.5 Å². The molecule has 1 aliphatic carbocycles. The third kappa shape index (κ3) is 3.31. The highest BCUT2D eigenvalue weighted by Crippen LogP contribution is 2.33. The first-order chi connectivity index (χ1) is 8.01. The fraction of sp³-hybridized carbons (Fsp3) is 0.636. The Balaban J connectivity index is 2.01. The fourth-order valence-electron chi connectivity index (χ4n) is 1.90. The number of aliphatic hydroxyl groups excluding tert-OH is 1. The first-order valence-electron chi connectivity index (χ1n) is 5.82. The number of aromatic nitrogens is 1. The zero-order valence-electron chi connectivity index (χ0n) is 9.81. The van der Waals surface area contributed by atoms with Crippen LogP contribution in [0.3, 0.4) is 0 Å². The minimum absolute atomic E-state index is 0.0417. The van der Waals surface area contributed by atoms with Gasteiger partial charge in [0.1, 0.15) is 0 Å². The van der Waals surface area contributed by atoms with E-state index in [0.29, 0.717) is 11.6 Å². The third-order valence-electron chi connectivity index (χ3n) is 2.94. The Labute approximate surface area is 101 Å². The molecule has 2 rings (SSSR count). The van der Waals surface area contributed by atoms with Gasteiger partial charge in [0.15, 0.2) is 0 Å². The first-order valence-corrected chi connectivity index (χ1v) is 7.30. The summed E-state index contributed by atoms with van der Waals surface area (Å²) in [6.45, 7) is 1.70. The summed E-state index contributed by atoms with van der Waals surface area (Å²) >= 11 is 0. The van der Waals surface area contributed by atoms with E-state index in [0.717, 1.165) is 6.42 Å². The summed E-state index contributed by atoms with van der Waals surface area (Å²) in [7, 11) is -3.46. The minimum atomic E-state index is -3.46. The number of hydrogen-bond donors (Lipinski definition) is 3. The highest BCUT2D eigenvalue weighted by Gasteiger charge is 2.26. The smallest absolute Gasteiger partial charge is 0.242 e. The van der Waals surface area contributed by atoms with Crippen LogP contribution >= 0.6 is 0 Å². The fourth-order valence-corrected chi connectivity index (χ4v) is 3.17. The molecule has 1 aromatic heterocycles. The molecular weight excluding hydrogens is 240 g/mol. The van der Waals surface area contributed by atoms with E-state index in [9.17, 15) is 8.42 Å². The largest absolute Gasteiger partial charge is 0.390 e. The molecule has 6 heteroatoms. The van der Waals surface area contributed by atoms with E-state index in [2.05, 4.69) is 9.71 Å². The molecule has 3 N–H and O–H groups in total. The highest BCUT2D eigenvalue weighted by atomic mass is 32.2. The van der Waals surface area contributed by atoms with Gasteiger partial charge in [-0.15, -0.1) is 0 Å². The Bertz CT molecular complexity index is 477. The van der Waals surface area contributed by atoms with Gasteiger partial charge >= 0.3 is 0 Å². The van der Waals surface area contributed by atoms with Crippen LogP contribution in [0.1, 0.15) is 31.9 Å². The van der Waals surface area contributed by atoms with Crippen molar-refractivity contribution < 1.29 is 13.5 Å². The van der Waals surface area contributed by atoms with Gasteiger partial charge < -0.3 is 10.1 Å². The molecule has 1 aromatic rings. The molecule has 1 heterocycles. The van der Waals surface area contributed by atoms with Crippen LogP contribution in [0, 0.1) is 5.92 Å². The molecule has 5 nitrogen and oxygen atoms in total. The molecule has 1 aliphatic rings. The summed E-state index contributed by atoms with van der Waals surface area (Å²) in [5, 5.41) is 8.88. The molecule has 0 radical (unpaired) electrons. The van der Waals surface area contributed by atoms with Crippen LogP contribution < -0.4 is 4.72 Å². The Morgan fingerprint density at radius 1 is 1.59 bits per heavy atom. The molecule has 0 bridgehead atoms. The van der Waals surface area contributed by atoms with Crippen molar-refractivity contribution in [2.75, 3.05) is 0 Å². The van der Waals surface area contributed by atoms with Crippen molar-refractivity contribution in [1.82, 2.24) is 9.71 Å². The summed E-state index contributed by atoms with van der Waals surface area (Å²) < 4.78 is 26.6. The lowest BCUT2D eigenvalue weighted by atomic mass is 10.2. The van der Waals surface area contributed by atoms with Crippen molar-refractivity contribution in [2.24, 2.45) is 5.92 Å². The number of H-pyrrole nitrogens is 1. The number of hydrogen-bond acceptors (Lipinski definition) is 3. The van der Waals surface area contributed by atoms with E-state index in [4.69, 9.17) is 5.11 Å². The van der Waals surface area contributed by atoms with Crippen LogP contribution in [0.2, 0.25) is 0 Å². The SMILES string of the molecule is CC(CC1CC1)NS(=O)(=O)c1c[nH]c(CO)c1. The van der Waals surface area contributed by atoms with Crippen molar-refractivity contribution in [2.45, 2.75) is 43.7 Å². The molecule has 17 heavy (non-hydrogen) atoms. The molecule has 0 saturated heterocycles. The lowest BCUT2D eigenvalue weighted by Crippen LogP contribution is -2.32. The summed E-state index contributed by atoms with van der Waals surface area (Å²) in [4.78, 5) is 2.90. The molecule has 0 amide bonds. The molecule has 96 valence electrons. The topological polar surface area (TPSA) is 82.2 Å². The molecule has 1 atom stereocenters. The molecule has 0 spiro atoms. The molecule has 0 aliphatic heterocycles. The predicted molar refractivity (Wildman–Crippen MR) is 63.8 cm³/mol. The van der Waals surface area contributed by atoms with Gasteiger partial charge in [-0.05, 0) is 25.3 Å². The van der Waals surface area contributed by atoms with Gasteiger partial charge in [-0.25, -0.2) is 13.1 Å². The van der Waals surface area contributed by atoms with Crippen LogP contribution in [-0.4, -0.2) is 24.6 Å². The Morgan fingerprint density at radius 3 is 2.82 bits per heavy atom.